The Morgan fingerprint density at radius 2 is 1.88 bits per heavy atom. The van der Waals surface area contributed by atoms with Crippen LogP contribution in [-0.2, 0) is 6.42 Å². The highest BCUT2D eigenvalue weighted by molar-refractivity contribution is 6.05. The van der Waals surface area contributed by atoms with Crippen LogP contribution in [0.5, 0.6) is 0 Å². The minimum Gasteiger partial charge on any atom is -0.322 e. The van der Waals surface area contributed by atoms with Gasteiger partial charge >= 0.3 is 0 Å². The topological polar surface area (TPSA) is 70.7 Å². The van der Waals surface area contributed by atoms with Crippen LogP contribution in [0.1, 0.15) is 21.6 Å². The molecule has 5 nitrogen and oxygen atoms in total. The number of halogens is 1. The maximum Gasteiger partial charge on any atom is 0.259 e. The van der Waals surface area contributed by atoms with Crippen LogP contribution in [0.3, 0.4) is 0 Å². The number of carbonyl (C=O) groups is 1. The second kappa shape index (κ2) is 6.97. The molecule has 0 saturated heterocycles. The lowest BCUT2D eigenvalue weighted by molar-refractivity contribution is 0.102. The molecule has 25 heavy (non-hydrogen) atoms. The molecule has 0 aliphatic heterocycles. The molecule has 1 amide bonds. The van der Waals surface area contributed by atoms with E-state index in [1.807, 2.05) is 0 Å². The third-order valence-corrected chi connectivity index (χ3v) is 3.82. The van der Waals surface area contributed by atoms with E-state index in [2.05, 4.69) is 16.5 Å². The van der Waals surface area contributed by atoms with Crippen LogP contribution in [-0.4, -0.2) is 15.7 Å². The summed E-state index contributed by atoms with van der Waals surface area (Å²) in [7, 11) is 0. The fourth-order valence-corrected chi connectivity index (χ4v) is 2.47. The van der Waals surface area contributed by atoms with Gasteiger partial charge in [-0.2, -0.15) is 10.4 Å². The third-order valence-electron chi connectivity index (χ3n) is 3.82. The number of benzene rings is 2. The summed E-state index contributed by atoms with van der Waals surface area (Å²) in [6.45, 7) is 1.78. The maximum atomic E-state index is 13.0. The molecule has 0 aliphatic rings. The average Bonchev–Trinajstić information content (AvgIpc) is 2.99. The summed E-state index contributed by atoms with van der Waals surface area (Å²) in [5.74, 6) is -0.606. The van der Waals surface area contributed by atoms with E-state index in [9.17, 15) is 9.18 Å². The standard InChI is InChI=1S/C19H15FN4O/c1-13-18(12-22-24(13)17-8-4-15(20)5-9-17)19(25)23-16-6-2-14(3-7-16)10-11-21/h2-9,12H,10H2,1H3,(H,23,25). The zero-order valence-corrected chi connectivity index (χ0v) is 13.5. The Bertz CT molecular complexity index is 937. The molecule has 0 radical (unpaired) electrons. The van der Waals surface area contributed by atoms with E-state index in [1.165, 1.54) is 18.3 Å². The van der Waals surface area contributed by atoms with Crippen LogP contribution in [0.15, 0.2) is 54.7 Å². The predicted octanol–water partition coefficient (Wildman–Crippen LogP) is 3.64. The minimum atomic E-state index is -0.327. The number of anilines is 1. The van der Waals surface area contributed by atoms with Gasteiger partial charge in [0.05, 0.1) is 35.6 Å². The lowest BCUT2D eigenvalue weighted by Gasteiger charge is -2.07. The van der Waals surface area contributed by atoms with E-state index >= 15 is 0 Å². The van der Waals surface area contributed by atoms with Crippen molar-refractivity contribution in [3.8, 4) is 11.8 Å². The summed E-state index contributed by atoms with van der Waals surface area (Å²) in [5.41, 5.74) is 3.30. The minimum absolute atomic E-state index is 0.279. The number of carbonyl (C=O) groups excluding carboxylic acids is 1. The van der Waals surface area contributed by atoms with Crippen molar-refractivity contribution in [1.29, 1.82) is 5.26 Å². The van der Waals surface area contributed by atoms with E-state index < -0.39 is 0 Å². The summed E-state index contributed by atoms with van der Waals surface area (Å²) in [6, 6.07) is 15.1. The molecule has 0 aliphatic carbocycles. The van der Waals surface area contributed by atoms with E-state index in [4.69, 9.17) is 5.26 Å². The van der Waals surface area contributed by atoms with Crippen molar-refractivity contribution >= 4 is 11.6 Å². The lowest BCUT2D eigenvalue weighted by Crippen LogP contribution is -2.13. The molecule has 3 rings (SSSR count). The van der Waals surface area contributed by atoms with Gasteiger partial charge in [0.2, 0.25) is 0 Å². The molecule has 2 aromatic carbocycles. The van der Waals surface area contributed by atoms with Gasteiger partial charge in [0.25, 0.3) is 5.91 Å². The first-order chi connectivity index (χ1) is 12.1. The smallest absolute Gasteiger partial charge is 0.259 e. The quantitative estimate of drug-likeness (QED) is 0.792. The Labute approximate surface area is 144 Å². The second-order valence-corrected chi connectivity index (χ2v) is 5.52. The highest BCUT2D eigenvalue weighted by atomic mass is 19.1. The molecule has 1 N–H and O–H groups in total. The number of amides is 1. The van der Waals surface area contributed by atoms with Crippen molar-refractivity contribution in [3.63, 3.8) is 0 Å². The van der Waals surface area contributed by atoms with Gasteiger partial charge in [0.1, 0.15) is 5.82 Å². The molecule has 0 unspecified atom stereocenters. The molecule has 0 atom stereocenters. The summed E-state index contributed by atoms with van der Waals surface area (Å²) < 4.78 is 14.6. The van der Waals surface area contributed by atoms with E-state index in [0.717, 1.165) is 5.56 Å². The van der Waals surface area contributed by atoms with Crippen molar-refractivity contribution in [2.24, 2.45) is 0 Å². The molecule has 0 fully saturated rings. The Kier molecular flexibility index (Phi) is 4.57. The number of nitriles is 1. The SMILES string of the molecule is Cc1c(C(=O)Nc2ccc(CC#N)cc2)cnn1-c1ccc(F)cc1. The highest BCUT2D eigenvalue weighted by Crippen LogP contribution is 2.17. The molecular formula is C19H15FN4O. The van der Waals surface area contributed by atoms with Crippen molar-refractivity contribution < 1.29 is 9.18 Å². The average molecular weight is 334 g/mol. The lowest BCUT2D eigenvalue weighted by atomic mass is 10.1. The van der Waals surface area contributed by atoms with Crippen LogP contribution in [0.4, 0.5) is 10.1 Å². The first-order valence-corrected chi connectivity index (χ1v) is 7.66. The number of nitrogens with zero attached hydrogens (tertiary/aromatic N) is 3. The maximum absolute atomic E-state index is 13.0. The Morgan fingerprint density at radius 3 is 2.52 bits per heavy atom. The van der Waals surface area contributed by atoms with Gasteiger partial charge in [0, 0.05) is 5.69 Å². The molecule has 1 aromatic heterocycles. The van der Waals surface area contributed by atoms with Crippen molar-refractivity contribution in [1.82, 2.24) is 9.78 Å². The molecule has 0 saturated carbocycles. The third kappa shape index (κ3) is 3.56. The second-order valence-electron chi connectivity index (χ2n) is 5.52. The largest absolute Gasteiger partial charge is 0.322 e. The van der Waals surface area contributed by atoms with Crippen LogP contribution in [0.25, 0.3) is 5.69 Å². The van der Waals surface area contributed by atoms with Gasteiger partial charge in [-0.1, -0.05) is 12.1 Å². The van der Waals surface area contributed by atoms with Gasteiger partial charge in [-0.05, 0) is 48.9 Å². The predicted molar refractivity (Wildman–Crippen MR) is 92.0 cm³/mol. The monoisotopic (exact) mass is 334 g/mol. The number of aromatic nitrogens is 2. The van der Waals surface area contributed by atoms with Crippen molar-refractivity contribution in [3.05, 3.63) is 77.4 Å². The van der Waals surface area contributed by atoms with Crippen LogP contribution in [0, 0.1) is 24.1 Å². The fraction of sp³-hybridized carbons (Fsp3) is 0.105. The number of rotatable bonds is 4. The zero-order chi connectivity index (χ0) is 17.8. The van der Waals surface area contributed by atoms with Crippen LogP contribution >= 0.6 is 0 Å². The molecule has 0 bridgehead atoms. The van der Waals surface area contributed by atoms with Gasteiger partial charge in [-0.25, -0.2) is 9.07 Å². The number of hydrogen-bond acceptors (Lipinski definition) is 3. The van der Waals surface area contributed by atoms with E-state index in [1.54, 1.807) is 48.0 Å². The summed E-state index contributed by atoms with van der Waals surface area (Å²) in [5, 5.41) is 15.7. The molecule has 6 heteroatoms. The van der Waals surface area contributed by atoms with Crippen molar-refractivity contribution in [2.75, 3.05) is 5.32 Å². The van der Waals surface area contributed by atoms with Gasteiger partial charge < -0.3 is 5.32 Å². The number of nitrogens with one attached hydrogen (secondary N) is 1. The number of hydrogen-bond donors (Lipinski definition) is 1. The first-order valence-electron chi connectivity index (χ1n) is 7.66. The van der Waals surface area contributed by atoms with E-state index in [-0.39, 0.29) is 11.7 Å². The van der Waals surface area contributed by atoms with Gasteiger partial charge in [0.15, 0.2) is 0 Å². The Morgan fingerprint density at radius 1 is 1.20 bits per heavy atom. The molecule has 3 aromatic rings. The Hall–Kier alpha value is -3.46. The fourth-order valence-electron chi connectivity index (χ4n) is 2.47. The van der Waals surface area contributed by atoms with Crippen molar-refractivity contribution in [2.45, 2.75) is 13.3 Å². The van der Waals surface area contributed by atoms with E-state index in [0.29, 0.717) is 29.1 Å². The van der Waals surface area contributed by atoms with Crippen LogP contribution < -0.4 is 5.32 Å². The Balaban J connectivity index is 1.79. The van der Waals surface area contributed by atoms with Gasteiger partial charge in [-0.15, -0.1) is 0 Å². The highest BCUT2D eigenvalue weighted by Gasteiger charge is 2.15. The zero-order valence-electron chi connectivity index (χ0n) is 13.5. The molecular weight excluding hydrogens is 319 g/mol. The first kappa shape index (κ1) is 16.4. The summed E-state index contributed by atoms with van der Waals surface area (Å²) in [6.07, 6.45) is 1.82. The van der Waals surface area contributed by atoms with Gasteiger partial charge in [-0.3, -0.25) is 4.79 Å². The molecule has 0 spiro atoms. The molecule has 1 heterocycles. The molecule has 124 valence electrons. The summed E-state index contributed by atoms with van der Waals surface area (Å²) >= 11 is 0. The summed E-state index contributed by atoms with van der Waals surface area (Å²) in [4.78, 5) is 12.5. The van der Waals surface area contributed by atoms with Crippen LogP contribution in [0.2, 0.25) is 0 Å². The normalized spacial score (nSPS) is 10.3.